The molecule has 1 saturated carbocycles. The van der Waals surface area contributed by atoms with Gasteiger partial charge in [-0.05, 0) is 58.6 Å². The van der Waals surface area contributed by atoms with Gasteiger partial charge in [-0.1, -0.05) is 43.5 Å². The van der Waals surface area contributed by atoms with Crippen molar-refractivity contribution in [2.45, 2.75) is 44.7 Å². The Bertz CT molecular complexity index is 854. The van der Waals surface area contributed by atoms with Crippen molar-refractivity contribution in [1.82, 2.24) is 10.2 Å². The third-order valence-electron chi connectivity index (χ3n) is 5.33. The number of nitrogens with zero attached hydrogens (tertiary/aromatic N) is 1. The van der Waals surface area contributed by atoms with Crippen molar-refractivity contribution in [2.24, 2.45) is 0 Å². The lowest BCUT2D eigenvalue weighted by Crippen LogP contribution is -2.44. The van der Waals surface area contributed by atoms with Gasteiger partial charge in [-0.15, -0.1) is 0 Å². The van der Waals surface area contributed by atoms with Gasteiger partial charge >= 0.3 is 0 Å². The summed E-state index contributed by atoms with van der Waals surface area (Å²) in [7, 11) is 0. The van der Waals surface area contributed by atoms with Gasteiger partial charge in [0.1, 0.15) is 5.82 Å². The van der Waals surface area contributed by atoms with Crippen molar-refractivity contribution in [3.8, 4) is 0 Å². The first-order chi connectivity index (χ1) is 14.5. The van der Waals surface area contributed by atoms with E-state index in [9.17, 15) is 14.0 Å². The fourth-order valence-electron chi connectivity index (χ4n) is 3.76. The Morgan fingerprint density at radius 3 is 2.40 bits per heavy atom. The summed E-state index contributed by atoms with van der Waals surface area (Å²) in [4.78, 5) is 26.9. The summed E-state index contributed by atoms with van der Waals surface area (Å²) >= 11 is 3.39. The lowest BCUT2D eigenvalue weighted by molar-refractivity contribution is -0.125. The van der Waals surface area contributed by atoms with Crippen LogP contribution in [0.25, 0.3) is 0 Å². The third kappa shape index (κ3) is 6.92. The number of halogens is 2. The Morgan fingerprint density at radius 1 is 1.00 bits per heavy atom. The van der Waals surface area contributed by atoms with Crippen LogP contribution < -0.4 is 10.6 Å². The average molecular weight is 476 g/mol. The molecule has 0 radical (unpaired) electrons. The molecule has 2 aromatic carbocycles. The van der Waals surface area contributed by atoms with Crippen LogP contribution in [0.2, 0.25) is 0 Å². The van der Waals surface area contributed by atoms with Crippen molar-refractivity contribution < 1.29 is 14.0 Å². The smallest absolute Gasteiger partial charge is 0.243 e. The molecule has 0 aliphatic heterocycles. The van der Waals surface area contributed by atoms with Crippen molar-refractivity contribution in [3.05, 3.63) is 64.4 Å². The van der Waals surface area contributed by atoms with Gasteiger partial charge in [0.25, 0.3) is 0 Å². The van der Waals surface area contributed by atoms with Crippen molar-refractivity contribution in [2.75, 3.05) is 18.4 Å². The number of benzene rings is 2. The van der Waals surface area contributed by atoms with Gasteiger partial charge in [-0.2, -0.15) is 0 Å². The lowest BCUT2D eigenvalue weighted by Gasteiger charge is -2.34. The van der Waals surface area contributed by atoms with Crippen LogP contribution >= 0.6 is 15.9 Å². The molecule has 2 aromatic rings. The predicted octanol–water partition coefficient (Wildman–Crippen LogP) is 4.48. The molecule has 0 atom stereocenters. The monoisotopic (exact) mass is 475 g/mol. The summed E-state index contributed by atoms with van der Waals surface area (Å²) in [5.74, 6) is -0.736. The molecule has 0 aromatic heterocycles. The minimum atomic E-state index is -0.280. The Hall–Kier alpha value is -2.25. The van der Waals surface area contributed by atoms with Crippen LogP contribution in [-0.2, 0) is 16.1 Å². The summed E-state index contributed by atoms with van der Waals surface area (Å²) in [5, 5.41) is 5.50. The molecule has 1 fully saturated rings. The minimum Gasteiger partial charge on any atom is -0.346 e. The van der Waals surface area contributed by atoms with E-state index >= 15 is 0 Å². The van der Waals surface area contributed by atoms with Crippen LogP contribution in [0.15, 0.2) is 53.0 Å². The molecule has 0 heterocycles. The maximum atomic E-state index is 13.2. The highest BCUT2D eigenvalue weighted by Crippen LogP contribution is 2.24. The molecule has 1 aliphatic carbocycles. The summed E-state index contributed by atoms with van der Waals surface area (Å²) < 4.78 is 14.0. The summed E-state index contributed by atoms with van der Waals surface area (Å²) in [6.07, 6.45) is 5.64. The number of nitrogens with one attached hydrogen (secondary N) is 2. The largest absolute Gasteiger partial charge is 0.346 e. The Kier molecular flexibility index (Phi) is 8.39. The van der Waals surface area contributed by atoms with Gasteiger partial charge in [0.2, 0.25) is 11.8 Å². The highest BCUT2D eigenvalue weighted by atomic mass is 79.9. The first kappa shape index (κ1) is 22.4. The molecule has 0 saturated heterocycles. The van der Waals surface area contributed by atoms with E-state index in [0.29, 0.717) is 18.3 Å². The molecular formula is C23H27BrFN3O2. The molecule has 1 aliphatic rings. The molecule has 30 heavy (non-hydrogen) atoms. The maximum Gasteiger partial charge on any atom is 0.243 e. The molecule has 0 bridgehead atoms. The predicted molar refractivity (Wildman–Crippen MR) is 119 cm³/mol. The highest BCUT2D eigenvalue weighted by Gasteiger charge is 2.23. The first-order valence-corrected chi connectivity index (χ1v) is 11.1. The topological polar surface area (TPSA) is 61.4 Å². The SMILES string of the molecule is O=C(CN(Cc1ccc(F)cc1)C1CCCCC1)NCC(=O)Nc1ccccc1Br. The number of hydrogen-bond donors (Lipinski definition) is 2. The first-order valence-electron chi connectivity index (χ1n) is 10.3. The second kappa shape index (κ2) is 11.2. The fraction of sp³-hybridized carbons (Fsp3) is 0.391. The molecule has 5 nitrogen and oxygen atoms in total. The quantitative estimate of drug-likeness (QED) is 0.591. The molecule has 2 N–H and O–H groups in total. The number of hydrogen-bond acceptors (Lipinski definition) is 3. The fourth-order valence-corrected chi connectivity index (χ4v) is 4.14. The number of amides is 2. The molecular weight excluding hydrogens is 449 g/mol. The number of anilines is 1. The Balaban J connectivity index is 1.54. The zero-order chi connectivity index (χ0) is 21.3. The van der Waals surface area contributed by atoms with Crippen molar-refractivity contribution >= 4 is 33.4 Å². The summed E-state index contributed by atoms with van der Waals surface area (Å²) in [6.45, 7) is 0.709. The van der Waals surface area contributed by atoms with Crippen LogP contribution in [0.3, 0.4) is 0 Å². The van der Waals surface area contributed by atoms with E-state index in [4.69, 9.17) is 0 Å². The van der Waals surface area contributed by atoms with E-state index in [0.717, 1.165) is 35.7 Å². The lowest BCUT2D eigenvalue weighted by atomic mass is 9.93. The maximum absolute atomic E-state index is 13.2. The third-order valence-corrected chi connectivity index (χ3v) is 6.02. The van der Waals surface area contributed by atoms with Gasteiger partial charge in [-0.25, -0.2) is 4.39 Å². The average Bonchev–Trinajstić information content (AvgIpc) is 2.75. The standard InChI is InChI=1S/C23H27BrFN3O2/c24-20-8-4-5-9-21(20)27-22(29)14-26-23(30)16-28(19-6-2-1-3-7-19)15-17-10-12-18(25)13-11-17/h4-5,8-13,19H,1-3,6-7,14-16H2,(H,26,30)(H,27,29). The van der Waals surface area contributed by atoms with E-state index in [-0.39, 0.29) is 30.7 Å². The number of carbonyl (C=O) groups excluding carboxylic acids is 2. The number of rotatable bonds is 8. The molecule has 3 rings (SSSR count). The number of para-hydroxylation sites is 1. The molecule has 7 heteroatoms. The Labute approximate surface area is 185 Å². The van der Waals surface area contributed by atoms with Crippen molar-refractivity contribution in [3.63, 3.8) is 0 Å². The molecule has 0 unspecified atom stereocenters. The van der Waals surface area contributed by atoms with Gasteiger partial charge in [0.05, 0.1) is 18.8 Å². The molecule has 0 spiro atoms. The van der Waals surface area contributed by atoms with Gasteiger partial charge in [-0.3, -0.25) is 14.5 Å². The van der Waals surface area contributed by atoms with Crippen LogP contribution in [0.1, 0.15) is 37.7 Å². The van der Waals surface area contributed by atoms with Crippen LogP contribution in [-0.4, -0.2) is 35.8 Å². The van der Waals surface area contributed by atoms with Gasteiger partial charge in [0.15, 0.2) is 0 Å². The zero-order valence-corrected chi connectivity index (χ0v) is 18.5. The van der Waals surface area contributed by atoms with Crippen molar-refractivity contribution in [1.29, 1.82) is 0 Å². The number of carbonyl (C=O) groups is 2. The second-order valence-corrected chi connectivity index (χ2v) is 8.48. The minimum absolute atomic E-state index is 0.0881. The van der Waals surface area contributed by atoms with Crippen LogP contribution in [0.5, 0.6) is 0 Å². The molecule has 2 amide bonds. The highest BCUT2D eigenvalue weighted by molar-refractivity contribution is 9.10. The van der Waals surface area contributed by atoms with E-state index < -0.39 is 0 Å². The van der Waals surface area contributed by atoms with Crippen LogP contribution in [0, 0.1) is 5.82 Å². The zero-order valence-electron chi connectivity index (χ0n) is 16.9. The normalized spacial score (nSPS) is 14.5. The van der Waals surface area contributed by atoms with E-state index in [1.54, 1.807) is 18.2 Å². The van der Waals surface area contributed by atoms with Gasteiger partial charge in [0, 0.05) is 17.1 Å². The Morgan fingerprint density at radius 2 is 1.70 bits per heavy atom. The second-order valence-electron chi connectivity index (χ2n) is 7.63. The van der Waals surface area contributed by atoms with E-state index in [1.165, 1.54) is 18.6 Å². The van der Waals surface area contributed by atoms with Crippen LogP contribution in [0.4, 0.5) is 10.1 Å². The van der Waals surface area contributed by atoms with E-state index in [2.05, 4.69) is 31.5 Å². The summed E-state index contributed by atoms with van der Waals surface area (Å²) in [6, 6.07) is 14.1. The van der Waals surface area contributed by atoms with E-state index in [1.807, 2.05) is 18.2 Å². The summed E-state index contributed by atoms with van der Waals surface area (Å²) in [5.41, 5.74) is 1.64. The van der Waals surface area contributed by atoms with Gasteiger partial charge < -0.3 is 10.6 Å². The molecule has 160 valence electrons.